The van der Waals surface area contributed by atoms with Gasteiger partial charge in [-0.05, 0) is 64.8 Å². The SMILES string of the molecule is [2H]C([2H])([2H])Oc1cnc(Br)cc1N.[2H]C([2H])([2H])Oc1cnc(Br)cc1NC(=O)OC(C)(C)C. The quantitative estimate of drug-likeness (QED) is 0.578. The van der Waals surface area contributed by atoms with Crippen LogP contribution < -0.4 is 20.5 Å². The van der Waals surface area contributed by atoms with Gasteiger partial charge in [-0.15, -0.1) is 0 Å². The zero-order valence-electron chi connectivity index (χ0n) is 20.7. The first kappa shape index (κ1) is 14.9. The fourth-order valence-corrected chi connectivity index (χ4v) is 2.21. The summed E-state index contributed by atoms with van der Waals surface area (Å²) in [4.78, 5) is 19.3. The van der Waals surface area contributed by atoms with E-state index in [1.807, 2.05) is 0 Å². The summed E-state index contributed by atoms with van der Waals surface area (Å²) < 4.78 is 57.1. The van der Waals surface area contributed by atoms with Crippen LogP contribution in [-0.4, -0.2) is 35.7 Å². The number of pyridine rings is 2. The number of halogens is 2. The molecule has 8 nitrogen and oxygen atoms in total. The average molecular weight is 512 g/mol. The molecule has 0 aliphatic heterocycles. The van der Waals surface area contributed by atoms with Crippen LogP contribution in [0.1, 0.15) is 29.0 Å². The number of hydrogen-bond donors (Lipinski definition) is 2. The lowest BCUT2D eigenvalue weighted by Crippen LogP contribution is -2.27. The molecule has 0 radical (unpaired) electrons. The predicted octanol–water partition coefficient (Wildman–Crippen LogP) is 4.63. The lowest BCUT2D eigenvalue weighted by molar-refractivity contribution is 0.0635. The van der Waals surface area contributed by atoms with Gasteiger partial charge in [-0.25, -0.2) is 14.8 Å². The highest BCUT2D eigenvalue weighted by Crippen LogP contribution is 2.26. The van der Waals surface area contributed by atoms with Gasteiger partial charge in [0.25, 0.3) is 0 Å². The standard InChI is InChI=1S/C11H15BrN2O3.C6H7BrN2O/c1-11(2,3)17-10(15)14-7-5-9(12)13-6-8(7)16-4;1-10-5-3-9-6(7)2-4(5)8/h5-6H,1-4H3,(H,13,14,15);2-3H,1H3,(H2,8,9)/i4D3;1D3. The van der Waals surface area contributed by atoms with Crippen molar-refractivity contribution in [3.63, 3.8) is 0 Å². The third-order valence-electron chi connectivity index (χ3n) is 2.55. The number of carbonyl (C=O) groups excluding carboxylic acids is 1. The highest BCUT2D eigenvalue weighted by Gasteiger charge is 2.17. The van der Waals surface area contributed by atoms with E-state index in [0.29, 0.717) is 9.21 Å². The first-order chi connectivity index (χ1) is 14.8. The molecule has 0 bridgehead atoms. The maximum atomic E-state index is 11.7. The molecule has 1 amide bonds. The normalized spacial score (nSPS) is 14.6. The Kier molecular flexibility index (Phi) is 5.70. The Morgan fingerprint density at radius 1 is 1.11 bits per heavy atom. The molecule has 0 atom stereocenters. The van der Waals surface area contributed by atoms with Gasteiger partial charge in [0.1, 0.15) is 14.8 Å². The number of hydrogen-bond acceptors (Lipinski definition) is 7. The molecule has 0 aliphatic carbocycles. The van der Waals surface area contributed by atoms with E-state index in [-0.39, 0.29) is 22.9 Å². The highest BCUT2D eigenvalue weighted by molar-refractivity contribution is 9.10. The van der Waals surface area contributed by atoms with Crippen LogP contribution in [0.5, 0.6) is 11.5 Å². The van der Waals surface area contributed by atoms with Crippen molar-refractivity contribution in [2.75, 3.05) is 25.1 Å². The molecule has 0 saturated carbocycles. The molecule has 0 aromatic carbocycles. The number of carbonyl (C=O) groups is 1. The molecule has 2 rings (SSSR count). The molecule has 148 valence electrons. The summed E-state index contributed by atoms with van der Waals surface area (Å²) in [6, 6.07) is 2.89. The van der Waals surface area contributed by atoms with Gasteiger partial charge in [-0.1, -0.05) is 0 Å². The van der Waals surface area contributed by atoms with Crippen LogP contribution in [0.4, 0.5) is 16.2 Å². The maximum absolute atomic E-state index is 11.7. The Morgan fingerprint density at radius 3 is 2.22 bits per heavy atom. The second-order valence-corrected chi connectivity index (χ2v) is 7.50. The first-order valence-corrected chi connectivity index (χ1v) is 8.88. The molecule has 10 heteroatoms. The number of nitrogen functional groups attached to an aromatic ring is 1. The summed E-state index contributed by atoms with van der Waals surface area (Å²) in [7, 11) is -5.14. The van der Waals surface area contributed by atoms with E-state index in [4.69, 9.17) is 23.4 Å². The minimum absolute atomic E-state index is 0.0585. The number of methoxy groups -OCH3 is 2. The maximum Gasteiger partial charge on any atom is 0.412 e. The minimum Gasteiger partial charge on any atom is -0.493 e. The van der Waals surface area contributed by atoms with Crippen LogP contribution in [0.3, 0.4) is 0 Å². The second-order valence-electron chi connectivity index (χ2n) is 5.88. The van der Waals surface area contributed by atoms with E-state index in [1.165, 1.54) is 24.5 Å². The van der Waals surface area contributed by atoms with Gasteiger partial charge in [0.15, 0.2) is 11.5 Å². The van der Waals surface area contributed by atoms with Gasteiger partial charge in [0.2, 0.25) is 0 Å². The van der Waals surface area contributed by atoms with Crippen molar-refractivity contribution in [1.82, 2.24) is 9.97 Å². The summed E-state index contributed by atoms with van der Waals surface area (Å²) in [5.41, 5.74) is 5.20. The Bertz CT molecular complexity index is 968. The molecule has 0 unspecified atom stereocenters. The molecule has 0 aliphatic rings. The van der Waals surface area contributed by atoms with E-state index < -0.39 is 25.8 Å². The van der Waals surface area contributed by atoms with Gasteiger partial charge in [0, 0.05) is 0 Å². The fraction of sp³-hybridized carbons (Fsp3) is 0.353. The predicted molar refractivity (Wildman–Crippen MR) is 111 cm³/mol. The number of rotatable bonds is 3. The van der Waals surface area contributed by atoms with Crippen LogP contribution in [-0.2, 0) is 4.74 Å². The van der Waals surface area contributed by atoms with Gasteiger partial charge in [0.05, 0.1) is 46.1 Å². The largest absolute Gasteiger partial charge is 0.493 e. The number of nitrogens with one attached hydrogen (secondary N) is 1. The summed E-state index contributed by atoms with van der Waals surface area (Å²) in [6.07, 6.45) is 1.74. The Balaban J connectivity index is 0.000000361. The number of ether oxygens (including phenoxy) is 3. The number of nitrogens with two attached hydrogens (primary N) is 1. The zero-order valence-corrected chi connectivity index (χ0v) is 17.8. The van der Waals surface area contributed by atoms with Crippen LogP contribution in [0.2, 0.25) is 0 Å². The second kappa shape index (κ2) is 10.3. The first-order valence-electron chi connectivity index (χ1n) is 10.3. The third kappa shape index (κ3) is 8.44. The highest BCUT2D eigenvalue weighted by atomic mass is 79.9. The summed E-state index contributed by atoms with van der Waals surface area (Å²) in [6.45, 7) is 5.15. The molecule has 0 spiro atoms. The third-order valence-corrected chi connectivity index (χ3v) is 3.42. The Hall–Kier alpha value is -2.07. The average Bonchev–Trinajstić information content (AvgIpc) is 2.57. The molecule has 2 aromatic rings. The van der Waals surface area contributed by atoms with Gasteiger partial charge in [-0.3, -0.25) is 5.32 Å². The molecule has 0 saturated heterocycles. The van der Waals surface area contributed by atoms with Crippen molar-refractivity contribution < 1.29 is 27.2 Å². The molecule has 2 heterocycles. The Labute approximate surface area is 183 Å². The van der Waals surface area contributed by atoms with Gasteiger partial charge < -0.3 is 19.9 Å². The lowest BCUT2D eigenvalue weighted by atomic mass is 10.2. The molecule has 27 heavy (non-hydrogen) atoms. The molecular formula is C17H22Br2N4O4. The van der Waals surface area contributed by atoms with E-state index >= 15 is 0 Å². The van der Waals surface area contributed by atoms with Crippen molar-refractivity contribution in [3.8, 4) is 11.5 Å². The topological polar surface area (TPSA) is 109 Å². The number of anilines is 2. The summed E-state index contributed by atoms with van der Waals surface area (Å²) in [5.74, 6) is -0.0118. The molecular weight excluding hydrogens is 484 g/mol. The van der Waals surface area contributed by atoms with Crippen LogP contribution in [0, 0.1) is 0 Å². The van der Waals surface area contributed by atoms with Crippen molar-refractivity contribution in [1.29, 1.82) is 0 Å². The number of aromatic nitrogens is 2. The smallest absolute Gasteiger partial charge is 0.412 e. The number of nitrogens with zero attached hydrogens (tertiary/aromatic N) is 2. The van der Waals surface area contributed by atoms with Crippen LogP contribution >= 0.6 is 31.9 Å². The van der Waals surface area contributed by atoms with E-state index in [0.717, 1.165) is 0 Å². The van der Waals surface area contributed by atoms with E-state index in [2.05, 4.69) is 51.9 Å². The summed E-state index contributed by atoms with van der Waals surface area (Å²) in [5, 5.41) is 2.42. The van der Waals surface area contributed by atoms with Gasteiger partial charge in [-0.2, -0.15) is 0 Å². The molecule has 0 fully saturated rings. The van der Waals surface area contributed by atoms with Crippen molar-refractivity contribution in [2.45, 2.75) is 26.4 Å². The molecule has 3 N–H and O–H groups in total. The lowest BCUT2D eigenvalue weighted by Gasteiger charge is -2.20. The number of amides is 1. The van der Waals surface area contributed by atoms with Crippen LogP contribution in [0.25, 0.3) is 0 Å². The van der Waals surface area contributed by atoms with Crippen molar-refractivity contribution in [2.24, 2.45) is 0 Å². The monoisotopic (exact) mass is 510 g/mol. The van der Waals surface area contributed by atoms with E-state index in [9.17, 15) is 4.79 Å². The van der Waals surface area contributed by atoms with Crippen molar-refractivity contribution in [3.05, 3.63) is 33.7 Å². The van der Waals surface area contributed by atoms with Gasteiger partial charge >= 0.3 is 6.09 Å². The Morgan fingerprint density at radius 2 is 1.67 bits per heavy atom. The molecule has 2 aromatic heterocycles. The van der Waals surface area contributed by atoms with Crippen molar-refractivity contribution >= 4 is 49.3 Å². The fourth-order valence-electron chi connectivity index (χ4n) is 1.53. The minimum atomic E-state index is -2.64. The van der Waals surface area contributed by atoms with E-state index in [1.54, 1.807) is 20.8 Å². The zero-order chi connectivity index (χ0) is 25.6. The van der Waals surface area contributed by atoms with Crippen LogP contribution in [0.15, 0.2) is 33.7 Å². The summed E-state index contributed by atoms with van der Waals surface area (Å²) >= 11 is 6.22.